The number of piperidine rings is 1. The fourth-order valence-electron chi connectivity index (χ4n) is 2.89. The summed E-state index contributed by atoms with van der Waals surface area (Å²) in [5.74, 6) is 1.29. The number of likely N-dealkylation sites (tertiary alicyclic amines) is 1. The predicted molar refractivity (Wildman–Crippen MR) is 87.7 cm³/mol. The molecule has 1 unspecified atom stereocenters. The number of hydrogen-bond acceptors (Lipinski definition) is 4. The Morgan fingerprint density at radius 3 is 2.52 bits per heavy atom. The number of hydrogen-bond donors (Lipinski definition) is 2. The van der Waals surface area contributed by atoms with Crippen molar-refractivity contribution in [3.63, 3.8) is 0 Å². The lowest BCUT2D eigenvalue weighted by Crippen LogP contribution is -2.51. The van der Waals surface area contributed by atoms with Crippen molar-refractivity contribution in [3.8, 4) is 0 Å². The summed E-state index contributed by atoms with van der Waals surface area (Å²) < 4.78 is 12.9. The Kier molecular flexibility index (Phi) is 5.17. The second-order valence-corrected chi connectivity index (χ2v) is 6.88. The molecule has 2 fully saturated rings. The molecule has 1 aromatic rings. The molecular weight excluding hydrogens is 317 g/mol. The molecule has 1 aromatic carbocycles. The molecule has 7 heteroatoms. The molecule has 124 valence electrons. The van der Waals surface area contributed by atoms with Gasteiger partial charge >= 0.3 is 0 Å². The smallest absolute Gasteiger partial charge is 0.251 e. The van der Waals surface area contributed by atoms with Gasteiger partial charge < -0.3 is 10.2 Å². The molecule has 2 heterocycles. The van der Waals surface area contributed by atoms with E-state index in [2.05, 4.69) is 10.6 Å². The number of nitrogens with zero attached hydrogens (tertiary/aromatic N) is 1. The van der Waals surface area contributed by atoms with Gasteiger partial charge in [0.15, 0.2) is 0 Å². The summed E-state index contributed by atoms with van der Waals surface area (Å²) in [7, 11) is 0. The Bertz CT molecular complexity index is 567. The van der Waals surface area contributed by atoms with Crippen LogP contribution in [0.1, 0.15) is 23.2 Å². The molecule has 23 heavy (non-hydrogen) atoms. The van der Waals surface area contributed by atoms with Crippen LogP contribution in [-0.2, 0) is 4.79 Å². The lowest BCUT2D eigenvalue weighted by molar-refractivity contribution is -0.133. The van der Waals surface area contributed by atoms with Gasteiger partial charge in [-0.25, -0.2) is 4.39 Å². The van der Waals surface area contributed by atoms with E-state index in [1.54, 1.807) is 11.8 Å². The predicted octanol–water partition coefficient (Wildman–Crippen LogP) is 1.21. The van der Waals surface area contributed by atoms with Gasteiger partial charge in [0, 0.05) is 36.3 Å². The molecule has 0 aliphatic carbocycles. The molecular formula is C16H20FN3O2S. The van der Waals surface area contributed by atoms with Crippen LogP contribution >= 0.6 is 11.8 Å². The van der Waals surface area contributed by atoms with E-state index in [1.165, 1.54) is 24.3 Å². The molecule has 2 amide bonds. The summed E-state index contributed by atoms with van der Waals surface area (Å²) in [6.07, 6.45) is 1.50. The maximum absolute atomic E-state index is 12.9. The zero-order valence-electron chi connectivity index (χ0n) is 12.8. The van der Waals surface area contributed by atoms with E-state index in [0.717, 1.165) is 24.5 Å². The zero-order chi connectivity index (χ0) is 16.2. The maximum Gasteiger partial charge on any atom is 0.251 e. The van der Waals surface area contributed by atoms with E-state index in [4.69, 9.17) is 0 Å². The minimum absolute atomic E-state index is 0.0579. The van der Waals surface area contributed by atoms with Crippen molar-refractivity contribution in [2.24, 2.45) is 0 Å². The van der Waals surface area contributed by atoms with Crippen LogP contribution in [0, 0.1) is 5.82 Å². The van der Waals surface area contributed by atoms with Gasteiger partial charge in [-0.1, -0.05) is 0 Å². The first-order chi connectivity index (χ1) is 11.1. The Morgan fingerprint density at radius 1 is 1.22 bits per heavy atom. The Balaban J connectivity index is 1.48. The molecule has 0 bridgehead atoms. The van der Waals surface area contributed by atoms with Crippen molar-refractivity contribution in [2.45, 2.75) is 24.9 Å². The van der Waals surface area contributed by atoms with E-state index < -0.39 is 0 Å². The van der Waals surface area contributed by atoms with Crippen molar-refractivity contribution >= 4 is 23.6 Å². The average molecular weight is 337 g/mol. The monoisotopic (exact) mass is 337 g/mol. The molecule has 2 aliphatic heterocycles. The number of benzene rings is 1. The fourth-order valence-corrected chi connectivity index (χ4v) is 3.82. The molecule has 0 aromatic heterocycles. The van der Waals surface area contributed by atoms with Crippen LogP contribution < -0.4 is 10.6 Å². The number of thioether (sulfide) groups is 1. The Labute approximate surface area is 139 Å². The van der Waals surface area contributed by atoms with Crippen LogP contribution in [0.2, 0.25) is 0 Å². The van der Waals surface area contributed by atoms with Crippen molar-refractivity contribution < 1.29 is 14.0 Å². The first-order valence-electron chi connectivity index (χ1n) is 7.80. The topological polar surface area (TPSA) is 61.4 Å². The Hall–Kier alpha value is -1.60. The third kappa shape index (κ3) is 4.03. The van der Waals surface area contributed by atoms with E-state index >= 15 is 0 Å². The van der Waals surface area contributed by atoms with E-state index in [9.17, 15) is 14.0 Å². The van der Waals surface area contributed by atoms with Crippen LogP contribution in [0.4, 0.5) is 4.39 Å². The first-order valence-corrected chi connectivity index (χ1v) is 8.95. The van der Waals surface area contributed by atoms with Crippen molar-refractivity contribution in [1.29, 1.82) is 0 Å². The quantitative estimate of drug-likeness (QED) is 0.870. The second-order valence-electron chi connectivity index (χ2n) is 5.85. The lowest BCUT2D eigenvalue weighted by atomic mass is 10.0. The first kappa shape index (κ1) is 16.3. The van der Waals surface area contributed by atoms with Gasteiger partial charge in [-0.05, 0) is 37.1 Å². The summed E-state index contributed by atoms with van der Waals surface area (Å²) >= 11 is 1.74. The third-order valence-electron chi connectivity index (χ3n) is 4.26. The number of halogens is 1. The van der Waals surface area contributed by atoms with Crippen LogP contribution in [-0.4, -0.2) is 53.5 Å². The summed E-state index contributed by atoms with van der Waals surface area (Å²) in [6, 6.07) is 5.51. The SMILES string of the molecule is O=C(NC1CCN(C(=O)C2CSCN2)CC1)c1ccc(F)cc1. The summed E-state index contributed by atoms with van der Waals surface area (Å²) in [5, 5.41) is 6.16. The highest BCUT2D eigenvalue weighted by Crippen LogP contribution is 2.16. The van der Waals surface area contributed by atoms with E-state index in [1.807, 2.05) is 4.90 Å². The largest absolute Gasteiger partial charge is 0.349 e. The molecule has 0 saturated carbocycles. The number of nitrogens with one attached hydrogen (secondary N) is 2. The third-order valence-corrected chi connectivity index (χ3v) is 5.20. The van der Waals surface area contributed by atoms with Gasteiger partial charge in [0.05, 0.1) is 6.04 Å². The zero-order valence-corrected chi connectivity index (χ0v) is 13.6. The highest BCUT2D eigenvalue weighted by atomic mass is 32.2. The molecule has 0 spiro atoms. The number of amides is 2. The number of carbonyl (C=O) groups excluding carboxylic acids is 2. The molecule has 2 aliphatic rings. The van der Waals surface area contributed by atoms with Crippen LogP contribution in [0.25, 0.3) is 0 Å². The normalized spacial score (nSPS) is 22.1. The minimum atomic E-state index is -0.355. The molecule has 3 rings (SSSR count). The van der Waals surface area contributed by atoms with Gasteiger partial charge in [0.1, 0.15) is 5.82 Å². The molecule has 1 atom stereocenters. The van der Waals surface area contributed by atoms with E-state index in [-0.39, 0.29) is 29.7 Å². The molecule has 0 radical (unpaired) electrons. The van der Waals surface area contributed by atoms with Crippen LogP contribution in [0.3, 0.4) is 0 Å². The summed E-state index contributed by atoms with van der Waals surface area (Å²) in [4.78, 5) is 26.3. The second kappa shape index (κ2) is 7.31. The van der Waals surface area contributed by atoms with Crippen LogP contribution in [0.15, 0.2) is 24.3 Å². The van der Waals surface area contributed by atoms with Gasteiger partial charge in [-0.2, -0.15) is 0 Å². The van der Waals surface area contributed by atoms with Gasteiger partial charge in [-0.15, -0.1) is 11.8 Å². The highest BCUT2D eigenvalue weighted by Gasteiger charge is 2.30. The molecule has 2 N–H and O–H groups in total. The van der Waals surface area contributed by atoms with E-state index in [0.29, 0.717) is 18.7 Å². The van der Waals surface area contributed by atoms with Crippen molar-refractivity contribution in [2.75, 3.05) is 24.7 Å². The summed E-state index contributed by atoms with van der Waals surface area (Å²) in [6.45, 7) is 1.33. The summed E-state index contributed by atoms with van der Waals surface area (Å²) in [5.41, 5.74) is 0.456. The number of rotatable bonds is 3. The molecule has 2 saturated heterocycles. The Morgan fingerprint density at radius 2 is 1.91 bits per heavy atom. The van der Waals surface area contributed by atoms with Crippen LogP contribution in [0.5, 0.6) is 0 Å². The molecule has 5 nitrogen and oxygen atoms in total. The maximum atomic E-state index is 12.9. The fraction of sp³-hybridized carbons (Fsp3) is 0.500. The highest BCUT2D eigenvalue weighted by molar-refractivity contribution is 7.99. The number of carbonyl (C=O) groups is 2. The standard InChI is InChI=1S/C16H20FN3O2S/c17-12-3-1-11(2-4-12)15(21)19-13-5-7-20(8-6-13)16(22)14-9-23-10-18-14/h1-4,13-14,18H,5-10H2,(H,19,21). The van der Waals surface area contributed by atoms with Gasteiger partial charge in [0.2, 0.25) is 5.91 Å². The van der Waals surface area contributed by atoms with Gasteiger partial charge in [0.25, 0.3) is 5.91 Å². The lowest BCUT2D eigenvalue weighted by Gasteiger charge is -2.33. The van der Waals surface area contributed by atoms with Crippen molar-refractivity contribution in [1.82, 2.24) is 15.5 Å². The minimum Gasteiger partial charge on any atom is -0.349 e. The average Bonchev–Trinajstić information content (AvgIpc) is 3.10. The van der Waals surface area contributed by atoms with Gasteiger partial charge in [-0.3, -0.25) is 14.9 Å². The van der Waals surface area contributed by atoms with Crippen molar-refractivity contribution in [3.05, 3.63) is 35.6 Å².